The number of aromatic hydroxyl groups is 3. The van der Waals surface area contributed by atoms with E-state index < -0.39 is 114 Å². The molecule has 0 aliphatic carbocycles. The van der Waals surface area contributed by atoms with Gasteiger partial charge in [-0.25, -0.2) is 0 Å². The first-order valence-electron chi connectivity index (χ1n) is 12.5. The number of rotatable bonds is 4. The molecule has 2 aromatic carbocycles. The fourth-order valence-corrected chi connectivity index (χ4v) is 5.39. The van der Waals surface area contributed by atoms with E-state index in [4.69, 9.17) is 14.2 Å². The number of phenols is 3. The maximum Gasteiger partial charge on any atom is 0.174 e. The lowest BCUT2D eigenvalue weighted by molar-refractivity contribution is -0.232. The molecule has 0 spiro atoms. The van der Waals surface area contributed by atoms with Gasteiger partial charge in [0.2, 0.25) is 0 Å². The van der Waals surface area contributed by atoms with E-state index in [2.05, 4.69) is 0 Å². The Kier molecular flexibility index (Phi) is 7.64. The van der Waals surface area contributed by atoms with Crippen LogP contribution in [0, 0.1) is 0 Å². The second-order valence-electron chi connectivity index (χ2n) is 10.1. The van der Waals surface area contributed by atoms with Crippen molar-refractivity contribution in [1.29, 1.82) is 0 Å². The van der Waals surface area contributed by atoms with Crippen molar-refractivity contribution in [2.24, 2.45) is 0 Å². The molecular weight excluding hydrogens is 536 g/mol. The van der Waals surface area contributed by atoms with Gasteiger partial charge in [0.25, 0.3) is 0 Å². The molecule has 2 fully saturated rings. The van der Waals surface area contributed by atoms with Crippen molar-refractivity contribution in [3.8, 4) is 23.0 Å². The lowest BCUT2D eigenvalue weighted by atomic mass is 9.83. The molecule has 0 amide bonds. The highest BCUT2D eigenvalue weighted by atomic mass is 16.6. The average molecular weight is 567 g/mol. The Balaban J connectivity index is 1.71. The number of fused-ring (bicyclic) bond motifs is 1. The van der Waals surface area contributed by atoms with E-state index in [1.807, 2.05) is 0 Å². The Labute approximate surface area is 226 Å². The molecule has 0 saturated carbocycles. The van der Waals surface area contributed by atoms with Crippen molar-refractivity contribution in [2.45, 2.75) is 67.5 Å². The number of benzene rings is 2. The van der Waals surface area contributed by atoms with Crippen molar-refractivity contribution in [1.82, 2.24) is 0 Å². The molecule has 0 aromatic heterocycles. The zero-order valence-corrected chi connectivity index (χ0v) is 20.8. The molecule has 10 unspecified atom stereocenters. The molecule has 2 aromatic rings. The number of phenolic OH excluding ortho intramolecular Hbond substituents is 3. The second-order valence-corrected chi connectivity index (χ2v) is 10.1. The number of ketones is 1. The van der Waals surface area contributed by atoms with Gasteiger partial charge in [-0.1, -0.05) is 12.1 Å². The zero-order valence-electron chi connectivity index (χ0n) is 20.8. The average Bonchev–Trinajstić information content (AvgIpc) is 2.92. The standard InChI is InChI=1S/C26H30O14/c27-6-13-18(32)21(35)23(37)26(40-13)16-20(34)15(25-22(36)17(31)11(30)7-38-25)19(33)14-10(29)5-12(39-24(14)16)8-1-3-9(28)4-2-8/h1-4,11-13,17-18,21-23,25-28,30-37H,5-7H2. The predicted octanol–water partition coefficient (Wildman–Crippen LogP) is -1.82. The van der Waals surface area contributed by atoms with Gasteiger partial charge in [0.1, 0.15) is 89.6 Å². The van der Waals surface area contributed by atoms with Gasteiger partial charge in [-0.2, -0.15) is 0 Å². The van der Waals surface area contributed by atoms with Gasteiger partial charge in [-0.05, 0) is 17.7 Å². The maximum atomic E-state index is 13.5. The van der Waals surface area contributed by atoms with Crippen LogP contribution in [-0.4, -0.2) is 113 Å². The van der Waals surface area contributed by atoms with Crippen LogP contribution in [0.5, 0.6) is 23.0 Å². The van der Waals surface area contributed by atoms with Crippen LogP contribution in [-0.2, 0) is 9.47 Å². The monoisotopic (exact) mass is 566 g/mol. The summed E-state index contributed by atoms with van der Waals surface area (Å²) in [7, 11) is 0. The van der Waals surface area contributed by atoms with Crippen LogP contribution in [0.2, 0.25) is 0 Å². The van der Waals surface area contributed by atoms with Gasteiger partial charge >= 0.3 is 0 Å². The number of carbonyl (C=O) groups is 1. The lowest BCUT2D eigenvalue weighted by Gasteiger charge is -2.42. The highest BCUT2D eigenvalue weighted by Gasteiger charge is 2.50. The van der Waals surface area contributed by atoms with Crippen LogP contribution in [0.25, 0.3) is 0 Å². The summed E-state index contributed by atoms with van der Waals surface area (Å²) < 4.78 is 17.1. The van der Waals surface area contributed by atoms with E-state index in [0.29, 0.717) is 5.56 Å². The van der Waals surface area contributed by atoms with Crippen LogP contribution in [0.1, 0.15) is 51.8 Å². The van der Waals surface area contributed by atoms with E-state index >= 15 is 0 Å². The Morgan fingerprint density at radius 2 is 1.43 bits per heavy atom. The Bertz CT molecular complexity index is 1260. The fraction of sp³-hybridized carbons (Fsp3) is 0.500. The lowest BCUT2D eigenvalue weighted by Crippen LogP contribution is -2.55. The van der Waals surface area contributed by atoms with E-state index in [1.54, 1.807) is 0 Å². The molecule has 3 aliphatic rings. The summed E-state index contributed by atoms with van der Waals surface area (Å²) in [5, 5.41) is 104. The topological polar surface area (TPSA) is 247 Å². The van der Waals surface area contributed by atoms with Crippen LogP contribution in [0.4, 0.5) is 0 Å². The van der Waals surface area contributed by atoms with E-state index in [0.717, 1.165) is 0 Å². The van der Waals surface area contributed by atoms with Gasteiger partial charge in [-0.15, -0.1) is 0 Å². The van der Waals surface area contributed by atoms with Gasteiger partial charge in [0.05, 0.1) is 30.8 Å². The summed E-state index contributed by atoms with van der Waals surface area (Å²) in [5.41, 5.74) is -1.09. The number of aliphatic hydroxyl groups excluding tert-OH is 7. The molecule has 10 atom stereocenters. The highest BCUT2D eigenvalue weighted by molar-refractivity contribution is 6.04. The smallest absolute Gasteiger partial charge is 0.174 e. The molecule has 3 heterocycles. The van der Waals surface area contributed by atoms with Gasteiger partial charge in [0, 0.05) is 0 Å². The Morgan fingerprint density at radius 3 is 2.08 bits per heavy atom. The summed E-state index contributed by atoms with van der Waals surface area (Å²) in [4.78, 5) is 13.5. The normalized spacial score (nSPS) is 36.1. The molecule has 14 nitrogen and oxygen atoms in total. The third-order valence-electron chi connectivity index (χ3n) is 7.61. The third-order valence-corrected chi connectivity index (χ3v) is 7.61. The molecule has 5 rings (SSSR count). The highest BCUT2D eigenvalue weighted by Crippen LogP contribution is 2.55. The first kappa shape index (κ1) is 28.5. The van der Waals surface area contributed by atoms with Gasteiger partial charge in [-0.3, -0.25) is 4.79 Å². The summed E-state index contributed by atoms with van der Waals surface area (Å²) in [6.07, 6.45) is -16.9. The number of Topliss-reactive ketones (excluding diaryl/α,β-unsaturated/α-hetero) is 1. The minimum absolute atomic E-state index is 0.0495. The Hall–Kier alpha value is -3.05. The quantitative estimate of drug-likeness (QED) is 0.196. The first-order chi connectivity index (χ1) is 19.0. The largest absolute Gasteiger partial charge is 0.508 e. The molecule has 40 heavy (non-hydrogen) atoms. The van der Waals surface area contributed by atoms with Crippen LogP contribution >= 0.6 is 0 Å². The number of aliphatic hydroxyl groups is 7. The maximum absolute atomic E-state index is 13.5. The predicted molar refractivity (Wildman–Crippen MR) is 130 cm³/mol. The molecule has 0 bridgehead atoms. The minimum atomic E-state index is -1.94. The van der Waals surface area contributed by atoms with E-state index in [9.17, 15) is 55.9 Å². The number of hydrogen-bond donors (Lipinski definition) is 10. The minimum Gasteiger partial charge on any atom is -0.508 e. The zero-order chi connectivity index (χ0) is 29.0. The molecule has 3 aliphatic heterocycles. The van der Waals surface area contributed by atoms with Crippen molar-refractivity contribution in [3.63, 3.8) is 0 Å². The van der Waals surface area contributed by atoms with Crippen molar-refractivity contribution < 1.29 is 70.1 Å². The second kappa shape index (κ2) is 10.7. The van der Waals surface area contributed by atoms with Gasteiger partial charge in [0.15, 0.2) is 5.78 Å². The summed E-state index contributed by atoms with van der Waals surface area (Å²) in [6.45, 7) is -1.32. The van der Waals surface area contributed by atoms with Gasteiger partial charge < -0.3 is 65.3 Å². The molecule has 218 valence electrons. The molecule has 0 radical (unpaired) electrons. The van der Waals surface area contributed by atoms with E-state index in [1.165, 1.54) is 24.3 Å². The Morgan fingerprint density at radius 1 is 0.775 bits per heavy atom. The molecule has 10 N–H and O–H groups in total. The number of ether oxygens (including phenoxy) is 3. The molecular formula is C26H30O14. The van der Waals surface area contributed by atoms with Crippen LogP contribution < -0.4 is 4.74 Å². The first-order valence-corrected chi connectivity index (χ1v) is 12.5. The van der Waals surface area contributed by atoms with Crippen molar-refractivity contribution >= 4 is 5.78 Å². The summed E-state index contributed by atoms with van der Waals surface area (Å²) >= 11 is 0. The van der Waals surface area contributed by atoms with Crippen molar-refractivity contribution in [3.05, 3.63) is 46.5 Å². The molecule has 14 heteroatoms. The third kappa shape index (κ3) is 4.56. The SMILES string of the molecule is O=C1CC(c2ccc(O)cc2)Oc2c1c(O)c(C1OCC(O)C(O)C1O)c(O)c2C1OC(CO)C(O)C(O)C1O. The number of carbonyl (C=O) groups excluding carboxylic acids is 1. The van der Waals surface area contributed by atoms with Crippen LogP contribution in [0.3, 0.4) is 0 Å². The van der Waals surface area contributed by atoms with Crippen LogP contribution in [0.15, 0.2) is 24.3 Å². The fourth-order valence-electron chi connectivity index (χ4n) is 5.39. The number of hydrogen-bond acceptors (Lipinski definition) is 14. The summed E-state index contributed by atoms with van der Waals surface area (Å²) in [5.74, 6) is -2.94. The molecule has 2 saturated heterocycles. The summed E-state index contributed by atoms with van der Waals surface area (Å²) in [6, 6.07) is 5.69. The van der Waals surface area contributed by atoms with E-state index in [-0.39, 0.29) is 12.2 Å². The van der Waals surface area contributed by atoms with Crippen molar-refractivity contribution in [2.75, 3.05) is 13.2 Å².